The molecule has 1 aliphatic heterocycles. The molecule has 0 fully saturated rings. The highest BCUT2D eigenvalue weighted by Crippen LogP contribution is 2.22. The van der Waals surface area contributed by atoms with Crippen molar-refractivity contribution in [2.24, 2.45) is 5.10 Å². The third-order valence-corrected chi connectivity index (χ3v) is 3.46. The summed E-state index contributed by atoms with van der Waals surface area (Å²) < 4.78 is 12.0. The minimum Gasteiger partial charge on any atom is -0.497 e. The number of carbonyl (C=O) groups excluding carboxylic acids is 2. The van der Waals surface area contributed by atoms with Gasteiger partial charge in [0.1, 0.15) is 11.5 Å². The molecule has 1 aromatic heterocycles. The van der Waals surface area contributed by atoms with Crippen LogP contribution in [0.2, 0.25) is 0 Å². The molecule has 1 aliphatic rings. The molecule has 0 spiro atoms. The zero-order chi connectivity index (χ0) is 17.1. The van der Waals surface area contributed by atoms with E-state index in [1.807, 2.05) is 18.2 Å². The van der Waals surface area contributed by atoms with E-state index in [-0.39, 0.29) is 17.1 Å². The molecule has 24 heavy (non-hydrogen) atoms. The number of ether oxygens (including phenoxy) is 2. The normalized spacial score (nSPS) is 14.6. The number of rotatable bonds is 4. The standard InChI is InChI=1S/C15H12N4O4S/c1-22-10-4-2-3-9(5-10)14-17-18-15(24)19(14)16-7-11-6-12(20)13(21)8-23-11/h2-7H,8H2,1H3,(H,18,24)/b16-7+. The van der Waals surface area contributed by atoms with Gasteiger partial charge in [-0.05, 0) is 24.4 Å². The average Bonchev–Trinajstić information content (AvgIpc) is 2.97. The Hall–Kier alpha value is -3.07. The van der Waals surface area contributed by atoms with Crippen LogP contribution in [0.3, 0.4) is 0 Å². The number of Topliss-reactive ketones (excluding diaryl/α,β-unsaturated/α-hetero) is 1. The lowest BCUT2D eigenvalue weighted by Crippen LogP contribution is -2.23. The summed E-state index contributed by atoms with van der Waals surface area (Å²) in [5.74, 6) is 0.100. The first-order valence-electron chi connectivity index (χ1n) is 6.86. The molecule has 0 aliphatic carbocycles. The lowest BCUT2D eigenvalue weighted by Gasteiger charge is -2.09. The van der Waals surface area contributed by atoms with Crippen molar-refractivity contribution in [1.29, 1.82) is 0 Å². The quantitative estimate of drug-likeness (QED) is 0.513. The zero-order valence-electron chi connectivity index (χ0n) is 12.6. The van der Waals surface area contributed by atoms with Crippen LogP contribution in [0.4, 0.5) is 0 Å². The summed E-state index contributed by atoms with van der Waals surface area (Å²) in [6, 6.07) is 7.24. The highest BCUT2D eigenvalue weighted by atomic mass is 32.1. The van der Waals surface area contributed by atoms with Gasteiger partial charge in [-0.25, -0.2) is 5.10 Å². The summed E-state index contributed by atoms with van der Waals surface area (Å²) in [6.07, 6.45) is 2.39. The molecule has 8 nitrogen and oxygen atoms in total. The number of H-pyrrole nitrogens is 1. The number of hydrogen-bond acceptors (Lipinski definition) is 7. The smallest absolute Gasteiger partial charge is 0.240 e. The molecule has 0 unspecified atom stereocenters. The lowest BCUT2D eigenvalue weighted by molar-refractivity contribution is -0.137. The van der Waals surface area contributed by atoms with Crippen molar-refractivity contribution in [1.82, 2.24) is 14.9 Å². The van der Waals surface area contributed by atoms with Gasteiger partial charge >= 0.3 is 0 Å². The average molecular weight is 344 g/mol. The summed E-state index contributed by atoms with van der Waals surface area (Å²) in [5, 5.41) is 11.0. The maximum atomic E-state index is 11.4. The molecule has 0 radical (unpaired) electrons. The van der Waals surface area contributed by atoms with Gasteiger partial charge < -0.3 is 9.47 Å². The summed E-state index contributed by atoms with van der Waals surface area (Å²) in [6.45, 7) is -0.295. The van der Waals surface area contributed by atoms with Crippen LogP contribution < -0.4 is 4.74 Å². The second-order valence-electron chi connectivity index (χ2n) is 4.76. The van der Waals surface area contributed by atoms with Crippen molar-refractivity contribution in [3.05, 3.63) is 40.9 Å². The maximum absolute atomic E-state index is 11.4. The Kier molecular flexibility index (Phi) is 4.34. The molecular weight excluding hydrogens is 332 g/mol. The molecule has 0 amide bonds. The predicted octanol–water partition coefficient (Wildman–Crippen LogP) is 1.50. The first-order valence-corrected chi connectivity index (χ1v) is 7.27. The molecule has 2 heterocycles. The number of nitrogens with zero attached hydrogens (tertiary/aromatic N) is 3. The Bertz CT molecular complexity index is 926. The molecule has 9 heteroatoms. The third-order valence-electron chi connectivity index (χ3n) is 3.20. The first-order chi connectivity index (χ1) is 11.6. The molecule has 122 valence electrons. The molecule has 2 aromatic rings. The van der Waals surface area contributed by atoms with E-state index in [2.05, 4.69) is 15.3 Å². The SMILES string of the molecule is COc1cccc(-c2n[nH]c(=S)n2/N=C/C2=CC(=O)C(=O)CO2)c1. The Morgan fingerprint density at radius 2 is 2.29 bits per heavy atom. The lowest BCUT2D eigenvalue weighted by atomic mass is 10.2. The van der Waals surface area contributed by atoms with Gasteiger partial charge in [0, 0.05) is 11.6 Å². The summed E-state index contributed by atoms with van der Waals surface area (Å²) in [4.78, 5) is 22.5. The Balaban J connectivity index is 1.95. The molecule has 0 saturated carbocycles. The second kappa shape index (κ2) is 6.59. The van der Waals surface area contributed by atoms with Crippen molar-refractivity contribution < 1.29 is 19.1 Å². The van der Waals surface area contributed by atoms with Crippen molar-refractivity contribution in [2.45, 2.75) is 0 Å². The van der Waals surface area contributed by atoms with Gasteiger partial charge in [0.2, 0.25) is 16.3 Å². The van der Waals surface area contributed by atoms with Crippen LogP contribution in [0.1, 0.15) is 0 Å². The molecule has 1 aromatic carbocycles. The fraction of sp³-hybridized carbons (Fsp3) is 0.133. The van der Waals surface area contributed by atoms with E-state index < -0.39 is 11.6 Å². The molecule has 3 rings (SSSR count). The van der Waals surface area contributed by atoms with Gasteiger partial charge in [-0.2, -0.15) is 14.9 Å². The van der Waals surface area contributed by atoms with Crippen LogP contribution >= 0.6 is 12.2 Å². The van der Waals surface area contributed by atoms with E-state index in [1.54, 1.807) is 13.2 Å². The highest BCUT2D eigenvalue weighted by Gasteiger charge is 2.19. The minimum absolute atomic E-state index is 0.180. The van der Waals surface area contributed by atoms with E-state index in [0.717, 1.165) is 11.6 Å². The van der Waals surface area contributed by atoms with Crippen molar-refractivity contribution in [3.8, 4) is 17.1 Å². The van der Waals surface area contributed by atoms with Crippen molar-refractivity contribution in [3.63, 3.8) is 0 Å². The number of aromatic nitrogens is 3. The Labute approximate surface area is 141 Å². The third kappa shape index (κ3) is 3.15. The summed E-state index contributed by atoms with van der Waals surface area (Å²) in [7, 11) is 1.57. The summed E-state index contributed by atoms with van der Waals surface area (Å²) >= 11 is 5.16. The minimum atomic E-state index is -0.619. The molecule has 0 bridgehead atoms. The number of methoxy groups -OCH3 is 1. The fourth-order valence-corrected chi connectivity index (χ4v) is 2.19. The molecular formula is C15H12N4O4S. The van der Waals surface area contributed by atoms with Crippen LogP contribution in [-0.2, 0) is 14.3 Å². The van der Waals surface area contributed by atoms with Gasteiger partial charge in [-0.1, -0.05) is 12.1 Å². The van der Waals surface area contributed by atoms with E-state index in [4.69, 9.17) is 21.7 Å². The molecule has 0 atom stereocenters. The van der Waals surface area contributed by atoms with Crippen LogP contribution in [0.25, 0.3) is 11.4 Å². The van der Waals surface area contributed by atoms with E-state index >= 15 is 0 Å². The highest BCUT2D eigenvalue weighted by molar-refractivity contribution is 7.71. The zero-order valence-corrected chi connectivity index (χ0v) is 13.4. The van der Waals surface area contributed by atoms with E-state index in [1.165, 1.54) is 10.9 Å². The molecule has 0 saturated heterocycles. The number of hydrogen-bond donors (Lipinski definition) is 1. The maximum Gasteiger partial charge on any atom is 0.240 e. The van der Waals surface area contributed by atoms with Crippen LogP contribution in [0, 0.1) is 4.77 Å². The number of carbonyl (C=O) groups is 2. The number of allylic oxidation sites excluding steroid dienone is 2. The topological polar surface area (TPSA) is 98.6 Å². The predicted molar refractivity (Wildman–Crippen MR) is 87.3 cm³/mol. The first kappa shape index (κ1) is 15.8. The van der Waals surface area contributed by atoms with Gasteiger partial charge in [-0.15, -0.1) is 0 Å². The largest absolute Gasteiger partial charge is 0.497 e. The Morgan fingerprint density at radius 3 is 3.04 bits per heavy atom. The van der Waals surface area contributed by atoms with Crippen LogP contribution in [-0.4, -0.2) is 46.4 Å². The van der Waals surface area contributed by atoms with Crippen molar-refractivity contribution >= 4 is 30.0 Å². The fourth-order valence-electron chi connectivity index (χ4n) is 2.01. The van der Waals surface area contributed by atoms with Crippen LogP contribution in [0.15, 0.2) is 41.2 Å². The van der Waals surface area contributed by atoms with Crippen molar-refractivity contribution in [2.75, 3.05) is 13.7 Å². The van der Waals surface area contributed by atoms with E-state index in [0.29, 0.717) is 11.6 Å². The second-order valence-corrected chi connectivity index (χ2v) is 5.15. The van der Waals surface area contributed by atoms with Crippen LogP contribution in [0.5, 0.6) is 5.75 Å². The van der Waals surface area contributed by atoms with Gasteiger partial charge in [0.05, 0.1) is 13.3 Å². The number of nitrogens with one attached hydrogen (secondary N) is 1. The molecule has 1 N–H and O–H groups in total. The van der Waals surface area contributed by atoms with E-state index in [9.17, 15) is 9.59 Å². The van der Waals surface area contributed by atoms with Gasteiger partial charge in [0.25, 0.3) is 0 Å². The Morgan fingerprint density at radius 1 is 1.46 bits per heavy atom. The summed E-state index contributed by atoms with van der Waals surface area (Å²) in [5.41, 5.74) is 0.739. The number of benzene rings is 1. The van der Waals surface area contributed by atoms with Gasteiger partial charge in [0.15, 0.2) is 12.4 Å². The monoisotopic (exact) mass is 344 g/mol. The number of ketones is 2. The van der Waals surface area contributed by atoms with Gasteiger partial charge in [-0.3, -0.25) is 9.59 Å². The number of aromatic amines is 1.